The summed E-state index contributed by atoms with van der Waals surface area (Å²) in [6.45, 7) is 4.96. The molecule has 4 rings (SSSR count). The van der Waals surface area contributed by atoms with Gasteiger partial charge in [-0.3, -0.25) is 4.79 Å². The molecule has 1 atom stereocenters. The van der Waals surface area contributed by atoms with E-state index in [9.17, 15) is 9.18 Å². The van der Waals surface area contributed by atoms with Gasteiger partial charge in [-0.2, -0.15) is 0 Å². The van der Waals surface area contributed by atoms with Gasteiger partial charge in [-0.05, 0) is 48.7 Å². The lowest BCUT2D eigenvalue weighted by molar-refractivity contribution is -0.119. The summed E-state index contributed by atoms with van der Waals surface area (Å²) in [6, 6.07) is 11.0. The van der Waals surface area contributed by atoms with Crippen molar-refractivity contribution in [1.82, 2.24) is 10.3 Å². The molecule has 0 radical (unpaired) electrons. The number of aryl methyl sites for hydroxylation is 1. The summed E-state index contributed by atoms with van der Waals surface area (Å²) >= 11 is 0. The van der Waals surface area contributed by atoms with Gasteiger partial charge in [0.25, 0.3) is 0 Å². The molecule has 3 aromatic rings. The summed E-state index contributed by atoms with van der Waals surface area (Å²) in [6.07, 6.45) is 2.60. The number of fused-ring (bicyclic) bond motifs is 1. The summed E-state index contributed by atoms with van der Waals surface area (Å²) < 4.78 is 14.6. The van der Waals surface area contributed by atoms with Crippen LogP contribution in [0.4, 0.5) is 15.9 Å². The number of nitrogens with two attached hydrogens (primary N) is 1. The SMILES string of the molecule is CC(=O)N[C@H]1CCN(c2cc(-c3c(C)cccc3F)cc3cnc(N)cc23)C1. The van der Waals surface area contributed by atoms with E-state index in [2.05, 4.69) is 15.2 Å². The van der Waals surface area contributed by atoms with Crippen molar-refractivity contribution in [3.8, 4) is 11.1 Å². The second-order valence-corrected chi connectivity index (χ2v) is 7.39. The first-order valence-electron chi connectivity index (χ1n) is 9.39. The van der Waals surface area contributed by atoms with E-state index >= 15 is 0 Å². The molecule has 0 bridgehead atoms. The molecule has 0 unspecified atom stereocenters. The number of nitrogen functional groups attached to an aromatic ring is 1. The number of aromatic nitrogens is 1. The molecule has 2 aromatic carbocycles. The molecule has 0 spiro atoms. The third kappa shape index (κ3) is 3.38. The Hall–Kier alpha value is -3.15. The van der Waals surface area contributed by atoms with Crippen molar-refractivity contribution in [1.29, 1.82) is 0 Å². The van der Waals surface area contributed by atoms with Gasteiger partial charge in [0.2, 0.25) is 5.91 Å². The third-order valence-electron chi connectivity index (χ3n) is 5.28. The fourth-order valence-corrected chi connectivity index (χ4v) is 4.04. The maximum atomic E-state index is 14.6. The van der Waals surface area contributed by atoms with Crippen molar-refractivity contribution >= 4 is 28.2 Å². The van der Waals surface area contributed by atoms with Gasteiger partial charge in [0.1, 0.15) is 11.6 Å². The first kappa shape index (κ1) is 18.2. The highest BCUT2D eigenvalue weighted by Gasteiger charge is 2.25. The molecule has 1 aromatic heterocycles. The number of rotatable bonds is 3. The van der Waals surface area contributed by atoms with Gasteiger partial charge in [0.05, 0.1) is 0 Å². The van der Waals surface area contributed by atoms with E-state index in [-0.39, 0.29) is 17.8 Å². The molecule has 28 heavy (non-hydrogen) atoms. The number of pyridine rings is 1. The van der Waals surface area contributed by atoms with Crippen LogP contribution in [0.2, 0.25) is 0 Å². The molecule has 6 heteroatoms. The van der Waals surface area contributed by atoms with E-state index in [1.807, 2.05) is 31.2 Å². The van der Waals surface area contributed by atoms with Gasteiger partial charge < -0.3 is 16.0 Å². The standard InChI is InChI=1S/C22H23FN4O/c1-13-4-3-5-19(23)22(13)15-8-16-11-25-21(24)10-18(16)20(9-15)27-7-6-17(12-27)26-14(2)28/h3-5,8-11,17H,6-7,12H2,1-2H3,(H2,24,25)(H,26,28)/t17-/m0/s1. The molecule has 1 fully saturated rings. The minimum atomic E-state index is -0.244. The van der Waals surface area contributed by atoms with Crippen LogP contribution in [0.15, 0.2) is 42.6 Å². The minimum absolute atomic E-state index is 0.0270. The van der Waals surface area contributed by atoms with E-state index < -0.39 is 0 Å². The quantitative estimate of drug-likeness (QED) is 0.730. The first-order valence-corrected chi connectivity index (χ1v) is 9.39. The van der Waals surface area contributed by atoms with Gasteiger partial charge in [0.15, 0.2) is 0 Å². The number of hydrogen-bond acceptors (Lipinski definition) is 4. The molecule has 1 aliphatic heterocycles. The topological polar surface area (TPSA) is 71.2 Å². The Morgan fingerprint density at radius 3 is 2.89 bits per heavy atom. The van der Waals surface area contributed by atoms with E-state index in [0.29, 0.717) is 17.9 Å². The van der Waals surface area contributed by atoms with Crippen molar-refractivity contribution in [2.75, 3.05) is 23.7 Å². The Morgan fingerprint density at radius 2 is 2.14 bits per heavy atom. The van der Waals surface area contributed by atoms with E-state index in [0.717, 1.165) is 40.6 Å². The normalized spacial score (nSPS) is 16.5. The van der Waals surface area contributed by atoms with Gasteiger partial charge in [-0.1, -0.05) is 12.1 Å². The molecule has 1 aliphatic rings. The lowest BCUT2D eigenvalue weighted by Crippen LogP contribution is -2.35. The highest BCUT2D eigenvalue weighted by molar-refractivity contribution is 5.99. The number of benzene rings is 2. The van der Waals surface area contributed by atoms with Crippen LogP contribution >= 0.6 is 0 Å². The fourth-order valence-electron chi connectivity index (χ4n) is 4.04. The lowest BCUT2D eigenvalue weighted by Gasteiger charge is -2.23. The average molecular weight is 378 g/mol. The number of halogens is 1. The first-order chi connectivity index (χ1) is 13.4. The van der Waals surface area contributed by atoms with Gasteiger partial charge in [-0.25, -0.2) is 9.37 Å². The van der Waals surface area contributed by atoms with Crippen LogP contribution in [0.1, 0.15) is 18.9 Å². The maximum absolute atomic E-state index is 14.6. The number of carbonyl (C=O) groups is 1. The van der Waals surface area contributed by atoms with E-state index in [1.165, 1.54) is 13.0 Å². The maximum Gasteiger partial charge on any atom is 0.217 e. The van der Waals surface area contributed by atoms with E-state index in [4.69, 9.17) is 5.73 Å². The summed E-state index contributed by atoms with van der Waals surface area (Å²) in [7, 11) is 0. The molecule has 3 N–H and O–H groups in total. The number of amides is 1. The van der Waals surface area contributed by atoms with Crippen LogP contribution in [-0.4, -0.2) is 30.0 Å². The Morgan fingerprint density at radius 1 is 1.32 bits per heavy atom. The van der Waals surface area contributed by atoms with Crippen LogP contribution in [0.3, 0.4) is 0 Å². The van der Waals surface area contributed by atoms with Crippen LogP contribution in [0, 0.1) is 12.7 Å². The molecular weight excluding hydrogens is 355 g/mol. The Labute approximate surface area is 163 Å². The van der Waals surface area contributed by atoms with Crippen molar-refractivity contribution in [3.05, 3.63) is 54.0 Å². The number of hydrogen-bond donors (Lipinski definition) is 2. The second-order valence-electron chi connectivity index (χ2n) is 7.39. The Bertz CT molecular complexity index is 1050. The van der Waals surface area contributed by atoms with Crippen molar-refractivity contribution in [2.24, 2.45) is 0 Å². The van der Waals surface area contributed by atoms with Crippen LogP contribution in [0.5, 0.6) is 0 Å². The van der Waals surface area contributed by atoms with E-state index in [1.54, 1.807) is 12.3 Å². The predicted octanol–water partition coefficient (Wildman–Crippen LogP) is 3.65. The molecular formula is C22H23FN4O. The molecule has 1 saturated heterocycles. The molecule has 5 nitrogen and oxygen atoms in total. The Kier molecular flexibility index (Phi) is 4.63. The fraction of sp³-hybridized carbons (Fsp3) is 0.273. The zero-order valence-electron chi connectivity index (χ0n) is 16.0. The van der Waals surface area contributed by atoms with Crippen LogP contribution in [-0.2, 0) is 4.79 Å². The van der Waals surface area contributed by atoms with Gasteiger partial charge in [0, 0.05) is 54.3 Å². The summed E-state index contributed by atoms with van der Waals surface area (Å²) in [5, 5.41) is 4.88. The molecule has 144 valence electrons. The minimum Gasteiger partial charge on any atom is -0.384 e. The summed E-state index contributed by atoms with van der Waals surface area (Å²) in [5.41, 5.74) is 9.21. The van der Waals surface area contributed by atoms with Crippen LogP contribution < -0.4 is 16.0 Å². The highest BCUT2D eigenvalue weighted by Crippen LogP contribution is 2.37. The van der Waals surface area contributed by atoms with Crippen molar-refractivity contribution < 1.29 is 9.18 Å². The number of nitrogens with zero attached hydrogens (tertiary/aromatic N) is 2. The largest absolute Gasteiger partial charge is 0.384 e. The summed E-state index contributed by atoms with van der Waals surface area (Å²) in [4.78, 5) is 17.9. The molecule has 0 saturated carbocycles. The average Bonchev–Trinajstić information content (AvgIpc) is 3.08. The Balaban J connectivity index is 1.85. The third-order valence-corrected chi connectivity index (χ3v) is 5.28. The predicted molar refractivity (Wildman–Crippen MR) is 111 cm³/mol. The molecule has 1 amide bonds. The molecule has 0 aliphatic carbocycles. The molecule has 2 heterocycles. The number of nitrogens with one attached hydrogen (secondary N) is 1. The lowest BCUT2D eigenvalue weighted by atomic mass is 9.96. The van der Waals surface area contributed by atoms with Crippen molar-refractivity contribution in [2.45, 2.75) is 26.3 Å². The van der Waals surface area contributed by atoms with Crippen LogP contribution in [0.25, 0.3) is 21.9 Å². The zero-order valence-corrected chi connectivity index (χ0v) is 16.0. The zero-order chi connectivity index (χ0) is 19.8. The summed E-state index contributed by atoms with van der Waals surface area (Å²) in [5.74, 6) is 0.174. The highest BCUT2D eigenvalue weighted by atomic mass is 19.1. The van der Waals surface area contributed by atoms with Crippen molar-refractivity contribution in [3.63, 3.8) is 0 Å². The van der Waals surface area contributed by atoms with Gasteiger partial charge in [-0.15, -0.1) is 0 Å². The monoisotopic (exact) mass is 378 g/mol. The smallest absolute Gasteiger partial charge is 0.217 e. The number of carbonyl (C=O) groups excluding carboxylic acids is 1. The second kappa shape index (κ2) is 7.11. The van der Waals surface area contributed by atoms with Gasteiger partial charge >= 0.3 is 0 Å². The number of anilines is 2.